The van der Waals surface area contributed by atoms with Crippen molar-refractivity contribution in [3.8, 4) is 0 Å². The second-order valence-corrected chi connectivity index (χ2v) is 8.18. The Hall–Kier alpha value is -2.38. The monoisotopic (exact) mass is 369 g/mol. The summed E-state index contributed by atoms with van der Waals surface area (Å²) in [4.78, 5) is 26.7. The van der Waals surface area contributed by atoms with Crippen LogP contribution in [0.3, 0.4) is 0 Å². The van der Waals surface area contributed by atoms with Crippen molar-refractivity contribution < 1.29 is 4.79 Å². The summed E-state index contributed by atoms with van der Waals surface area (Å²) in [7, 11) is 0. The van der Waals surface area contributed by atoms with Gasteiger partial charge in [0.2, 0.25) is 0 Å². The van der Waals surface area contributed by atoms with Gasteiger partial charge in [0.15, 0.2) is 5.78 Å². The largest absolute Gasteiger partial charge is 0.343 e. The van der Waals surface area contributed by atoms with E-state index in [0.717, 1.165) is 23.3 Å². The summed E-state index contributed by atoms with van der Waals surface area (Å²) in [6, 6.07) is 6.12. The van der Waals surface area contributed by atoms with Gasteiger partial charge in [-0.2, -0.15) is 11.3 Å². The zero-order valence-electron chi connectivity index (χ0n) is 13.2. The van der Waals surface area contributed by atoms with Crippen LogP contribution in [0.15, 0.2) is 50.4 Å². The number of aromatic nitrogens is 2. The molecule has 1 aliphatic heterocycles. The average Bonchev–Trinajstić information content (AvgIpc) is 3.36. The van der Waals surface area contributed by atoms with Crippen LogP contribution in [0, 0.1) is 0 Å². The summed E-state index contributed by atoms with van der Waals surface area (Å²) >= 11 is 3.27. The second kappa shape index (κ2) is 5.57. The molecule has 7 heteroatoms. The zero-order chi connectivity index (χ0) is 17.0. The van der Waals surface area contributed by atoms with E-state index in [1.807, 2.05) is 28.3 Å². The minimum atomic E-state index is -0.288. The van der Waals surface area contributed by atoms with Gasteiger partial charge in [0.1, 0.15) is 5.82 Å². The summed E-state index contributed by atoms with van der Waals surface area (Å²) in [6.07, 6.45) is 1.29. The summed E-state index contributed by atoms with van der Waals surface area (Å²) in [5, 5.41) is 15.0. The van der Waals surface area contributed by atoms with Crippen LogP contribution >= 0.6 is 22.7 Å². The second-order valence-electron chi connectivity index (χ2n) is 6.42. The van der Waals surface area contributed by atoms with E-state index >= 15 is 0 Å². The molecule has 1 aliphatic carbocycles. The number of Topliss-reactive ketones (excluding diaryl/α,β-unsaturated/α-hetero) is 1. The van der Waals surface area contributed by atoms with E-state index in [2.05, 4.69) is 21.6 Å². The van der Waals surface area contributed by atoms with E-state index in [4.69, 9.17) is 0 Å². The number of H-pyrrole nitrogens is 2. The maximum absolute atomic E-state index is 13.1. The molecule has 2 aliphatic rings. The van der Waals surface area contributed by atoms with Crippen LogP contribution in [0.1, 0.15) is 40.7 Å². The summed E-state index contributed by atoms with van der Waals surface area (Å²) in [5.74, 6) is 0.729. The summed E-state index contributed by atoms with van der Waals surface area (Å²) < 4.78 is 0. The van der Waals surface area contributed by atoms with Gasteiger partial charge >= 0.3 is 0 Å². The lowest BCUT2D eigenvalue weighted by molar-refractivity contribution is -0.116. The molecule has 0 radical (unpaired) electrons. The molecule has 5 rings (SSSR count). The zero-order valence-corrected chi connectivity index (χ0v) is 14.8. The highest BCUT2D eigenvalue weighted by atomic mass is 32.1. The summed E-state index contributed by atoms with van der Waals surface area (Å²) in [6.45, 7) is 0. The fourth-order valence-corrected chi connectivity index (χ4v) is 5.43. The molecule has 2 atom stereocenters. The Morgan fingerprint density at radius 3 is 2.76 bits per heavy atom. The first-order valence-corrected chi connectivity index (χ1v) is 9.94. The quantitative estimate of drug-likeness (QED) is 0.643. The number of thiophene rings is 2. The van der Waals surface area contributed by atoms with E-state index in [9.17, 15) is 9.59 Å². The number of rotatable bonds is 2. The molecule has 3 N–H and O–H groups in total. The molecule has 0 bridgehead atoms. The topological polar surface area (TPSA) is 77.8 Å². The van der Waals surface area contributed by atoms with E-state index in [1.54, 1.807) is 22.7 Å². The van der Waals surface area contributed by atoms with E-state index in [1.165, 1.54) is 4.88 Å². The number of carbonyl (C=O) groups is 1. The molecule has 0 spiro atoms. The Morgan fingerprint density at radius 2 is 2.00 bits per heavy atom. The van der Waals surface area contributed by atoms with Crippen molar-refractivity contribution in [1.29, 1.82) is 0 Å². The van der Waals surface area contributed by atoms with Gasteiger partial charge in [-0.25, -0.2) is 0 Å². The molecule has 0 saturated heterocycles. The smallest absolute Gasteiger partial charge is 0.270 e. The first-order valence-electron chi connectivity index (χ1n) is 8.11. The van der Waals surface area contributed by atoms with Crippen LogP contribution in [0.25, 0.3) is 0 Å². The van der Waals surface area contributed by atoms with Crippen molar-refractivity contribution in [3.05, 3.63) is 72.0 Å². The van der Waals surface area contributed by atoms with Crippen molar-refractivity contribution in [1.82, 2.24) is 10.2 Å². The molecule has 3 aromatic rings. The highest BCUT2D eigenvalue weighted by molar-refractivity contribution is 7.10. The fourth-order valence-electron chi connectivity index (χ4n) is 3.92. The third-order valence-corrected chi connectivity index (χ3v) is 6.73. The first kappa shape index (κ1) is 14.9. The van der Waals surface area contributed by atoms with Gasteiger partial charge in [0, 0.05) is 34.4 Å². The van der Waals surface area contributed by atoms with Crippen molar-refractivity contribution in [2.45, 2.75) is 24.7 Å². The number of aromatic amines is 2. The Labute approximate surface area is 151 Å². The van der Waals surface area contributed by atoms with Gasteiger partial charge in [-0.1, -0.05) is 6.07 Å². The van der Waals surface area contributed by atoms with Crippen LogP contribution in [0.2, 0.25) is 0 Å². The SMILES string of the molecule is O=C1C[C@@H](c2cccs2)CC2=C1[C@@H](c1ccsc1)c1c([nH][nH]c1=O)N2. The molecule has 0 amide bonds. The summed E-state index contributed by atoms with van der Waals surface area (Å²) in [5.41, 5.74) is 3.14. The number of hydrogen-bond donors (Lipinski definition) is 3. The molecular formula is C18H15N3O2S2. The maximum atomic E-state index is 13.1. The van der Waals surface area contributed by atoms with Crippen molar-refractivity contribution in [3.63, 3.8) is 0 Å². The van der Waals surface area contributed by atoms with Gasteiger partial charge in [0.05, 0.1) is 5.56 Å². The molecule has 4 heterocycles. The van der Waals surface area contributed by atoms with E-state index in [0.29, 0.717) is 17.8 Å². The Balaban J connectivity index is 1.66. The lowest BCUT2D eigenvalue weighted by Crippen LogP contribution is -2.31. The predicted octanol–water partition coefficient (Wildman–Crippen LogP) is 3.78. The molecule has 5 nitrogen and oxygen atoms in total. The van der Waals surface area contributed by atoms with E-state index in [-0.39, 0.29) is 23.2 Å². The van der Waals surface area contributed by atoms with E-state index < -0.39 is 0 Å². The van der Waals surface area contributed by atoms with Gasteiger partial charge in [-0.3, -0.25) is 19.8 Å². The number of allylic oxidation sites excluding steroid dienone is 2. The highest BCUT2D eigenvalue weighted by Gasteiger charge is 2.40. The fraction of sp³-hybridized carbons (Fsp3) is 0.222. The molecule has 25 heavy (non-hydrogen) atoms. The minimum Gasteiger partial charge on any atom is -0.343 e. The van der Waals surface area contributed by atoms with Crippen LogP contribution in [0.5, 0.6) is 0 Å². The number of nitrogens with one attached hydrogen (secondary N) is 3. The van der Waals surface area contributed by atoms with Crippen LogP contribution < -0.4 is 10.9 Å². The Kier molecular flexibility index (Phi) is 3.33. The van der Waals surface area contributed by atoms with Crippen LogP contribution in [-0.2, 0) is 4.79 Å². The lowest BCUT2D eigenvalue weighted by atomic mass is 9.74. The number of anilines is 1. The minimum absolute atomic E-state index is 0.134. The van der Waals surface area contributed by atoms with Gasteiger partial charge in [-0.05, 0) is 40.3 Å². The Bertz CT molecular complexity index is 1030. The van der Waals surface area contributed by atoms with Crippen molar-refractivity contribution in [2.75, 3.05) is 5.32 Å². The first-order chi connectivity index (χ1) is 12.2. The number of carbonyl (C=O) groups excluding carboxylic acids is 1. The number of hydrogen-bond acceptors (Lipinski definition) is 5. The Morgan fingerprint density at radius 1 is 1.08 bits per heavy atom. The van der Waals surface area contributed by atoms with Crippen LogP contribution in [0.4, 0.5) is 5.82 Å². The van der Waals surface area contributed by atoms with Crippen molar-refractivity contribution in [2.24, 2.45) is 0 Å². The highest BCUT2D eigenvalue weighted by Crippen LogP contribution is 2.47. The van der Waals surface area contributed by atoms with Gasteiger partial charge < -0.3 is 5.32 Å². The maximum Gasteiger partial charge on any atom is 0.270 e. The normalized spacial score (nSPS) is 22.5. The van der Waals surface area contributed by atoms with Crippen molar-refractivity contribution >= 4 is 34.3 Å². The lowest BCUT2D eigenvalue weighted by Gasteiger charge is -2.33. The molecule has 3 aromatic heterocycles. The molecular weight excluding hydrogens is 354 g/mol. The number of fused-ring (bicyclic) bond motifs is 1. The third kappa shape index (κ3) is 2.26. The molecule has 0 saturated carbocycles. The number of ketones is 1. The standard InChI is InChI=1S/C18H15N3O2S2/c22-12-7-10(13-2-1-4-25-13)6-11-15(12)14(9-3-5-24-8-9)16-17(19-11)20-21-18(16)23/h1-5,8,10,14H,6-7H2,(H3,19,20,21,23)/t10-,14+/m0/s1. The van der Waals surface area contributed by atoms with Crippen LogP contribution in [-0.4, -0.2) is 16.0 Å². The molecule has 0 fully saturated rings. The average molecular weight is 369 g/mol. The third-order valence-electron chi connectivity index (χ3n) is 5.00. The van der Waals surface area contributed by atoms with Gasteiger partial charge in [0.25, 0.3) is 5.56 Å². The molecule has 126 valence electrons. The van der Waals surface area contributed by atoms with Gasteiger partial charge in [-0.15, -0.1) is 11.3 Å². The predicted molar refractivity (Wildman–Crippen MR) is 99.5 cm³/mol. The molecule has 0 aromatic carbocycles. The molecule has 0 unspecified atom stereocenters.